The lowest BCUT2D eigenvalue weighted by Crippen LogP contribution is -2.53. The van der Waals surface area contributed by atoms with Gasteiger partial charge in [-0.3, -0.25) is 4.79 Å². The van der Waals surface area contributed by atoms with Crippen LogP contribution in [0.5, 0.6) is 0 Å². The molecule has 1 saturated heterocycles. The van der Waals surface area contributed by atoms with Gasteiger partial charge in [0.05, 0.1) is 35.7 Å². The number of likely N-dealkylation sites (N-methyl/N-ethyl adjacent to an activating group) is 1. The highest BCUT2D eigenvalue weighted by molar-refractivity contribution is 6.42. The van der Waals surface area contributed by atoms with E-state index in [1.807, 2.05) is 25.1 Å². The van der Waals surface area contributed by atoms with Crippen molar-refractivity contribution in [2.24, 2.45) is 0 Å². The van der Waals surface area contributed by atoms with Crippen LogP contribution < -0.4 is 0 Å². The molecule has 116 valence electrons. The van der Waals surface area contributed by atoms with Gasteiger partial charge in [0.15, 0.2) is 0 Å². The lowest BCUT2D eigenvalue weighted by Gasteiger charge is -2.37. The molecule has 0 aromatic heterocycles. The molecule has 1 heterocycles. The summed E-state index contributed by atoms with van der Waals surface area (Å²) in [5, 5.41) is 0.985. The lowest BCUT2D eigenvalue weighted by atomic mass is 10.1. The Balaban J connectivity index is 2.04. The van der Waals surface area contributed by atoms with Gasteiger partial charge in [-0.25, -0.2) is 0 Å². The molecular weight excluding hydrogens is 311 g/mol. The molecule has 0 aliphatic carbocycles. The molecule has 0 spiro atoms. The summed E-state index contributed by atoms with van der Waals surface area (Å²) in [7, 11) is 3.99. The molecule has 4 nitrogen and oxygen atoms in total. The van der Waals surface area contributed by atoms with Crippen LogP contribution in [0, 0.1) is 0 Å². The van der Waals surface area contributed by atoms with Crippen molar-refractivity contribution in [3.05, 3.63) is 33.8 Å². The third kappa shape index (κ3) is 4.58. The van der Waals surface area contributed by atoms with Gasteiger partial charge in [-0.2, -0.15) is 0 Å². The Morgan fingerprint density at radius 1 is 1.38 bits per heavy atom. The van der Waals surface area contributed by atoms with Crippen molar-refractivity contribution in [2.75, 3.05) is 40.4 Å². The number of morpholine rings is 1. The first-order valence-electron chi connectivity index (χ1n) is 6.93. The van der Waals surface area contributed by atoms with E-state index in [1.54, 1.807) is 12.1 Å². The van der Waals surface area contributed by atoms with Crippen LogP contribution in [0.1, 0.15) is 5.56 Å². The van der Waals surface area contributed by atoms with Crippen LogP contribution >= 0.6 is 23.2 Å². The van der Waals surface area contributed by atoms with Crippen molar-refractivity contribution in [2.45, 2.75) is 12.5 Å². The maximum absolute atomic E-state index is 12.5. The largest absolute Gasteiger partial charge is 0.377 e. The first-order valence-corrected chi connectivity index (χ1v) is 7.69. The second-order valence-electron chi connectivity index (χ2n) is 5.50. The number of hydrogen-bond donors (Lipinski definition) is 0. The smallest absolute Gasteiger partial charge is 0.227 e. The molecule has 1 aromatic rings. The van der Waals surface area contributed by atoms with Crippen molar-refractivity contribution in [3.8, 4) is 0 Å². The third-order valence-electron chi connectivity index (χ3n) is 3.46. The number of benzene rings is 1. The van der Waals surface area contributed by atoms with Gasteiger partial charge >= 0.3 is 0 Å². The highest BCUT2D eigenvalue weighted by Gasteiger charge is 2.27. The molecule has 1 aliphatic heterocycles. The molecule has 0 radical (unpaired) electrons. The molecule has 0 N–H and O–H groups in total. The Hall–Kier alpha value is -0.810. The fourth-order valence-corrected chi connectivity index (χ4v) is 2.80. The van der Waals surface area contributed by atoms with E-state index in [0.29, 0.717) is 36.2 Å². The topological polar surface area (TPSA) is 32.8 Å². The Labute approximate surface area is 135 Å². The third-order valence-corrected chi connectivity index (χ3v) is 4.20. The van der Waals surface area contributed by atoms with E-state index < -0.39 is 0 Å². The van der Waals surface area contributed by atoms with Crippen molar-refractivity contribution in [3.63, 3.8) is 0 Å². The molecule has 2 rings (SSSR count). The predicted molar refractivity (Wildman–Crippen MR) is 85.0 cm³/mol. The van der Waals surface area contributed by atoms with Gasteiger partial charge in [-0.15, -0.1) is 0 Å². The Morgan fingerprint density at radius 2 is 2.14 bits per heavy atom. The van der Waals surface area contributed by atoms with E-state index in [1.165, 1.54) is 0 Å². The van der Waals surface area contributed by atoms with E-state index in [4.69, 9.17) is 27.9 Å². The van der Waals surface area contributed by atoms with Crippen LogP contribution in [0.2, 0.25) is 10.0 Å². The Morgan fingerprint density at radius 3 is 2.81 bits per heavy atom. The first kappa shape index (κ1) is 16.6. The first-order chi connectivity index (χ1) is 9.97. The quantitative estimate of drug-likeness (QED) is 0.849. The maximum atomic E-state index is 12.5. The summed E-state index contributed by atoms with van der Waals surface area (Å²) in [5.41, 5.74) is 0.879. The van der Waals surface area contributed by atoms with Gasteiger partial charge in [-0.1, -0.05) is 29.3 Å². The summed E-state index contributed by atoms with van der Waals surface area (Å²) < 4.78 is 5.49. The Bertz CT molecular complexity index is 508. The van der Waals surface area contributed by atoms with Crippen LogP contribution in [-0.2, 0) is 16.0 Å². The van der Waals surface area contributed by atoms with Crippen LogP contribution in [0.15, 0.2) is 18.2 Å². The van der Waals surface area contributed by atoms with E-state index in [-0.39, 0.29) is 11.9 Å². The number of carbonyl (C=O) groups is 1. The minimum atomic E-state index is 0.100. The van der Waals surface area contributed by atoms with Crippen LogP contribution in [0.3, 0.4) is 0 Å². The molecule has 21 heavy (non-hydrogen) atoms. The number of ether oxygens (including phenoxy) is 1. The summed E-state index contributed by atoms with van der Waals surface area (Å²) in [6, 6.07) is 5.42. The molecule has 1 aromatic carbocycles. The summed E-state index contributed by atoms with van der Waals surface area (Å²) in [6.07, 6.45) is 0.334. The van der Waals surface area contributed by atoms with E-state index >= 15 is 0 Å². The number of rotatable bonds is 4. The molecule has 1 fully saturated rings. The van der Waals surface area contributed by atoms with Gasteiger partial charge in [0.2, 0.25) is 5.91 Å². The van der Waals surface area contributed by atoms with E-state index in [2.05, 4.69) is 4.90 Å². The monoisotopic (exact) mass is 330 g/mol. The van der Waals surface area contributed by atoms with Gasteiger partial charge in [0.25, 0.3) is 0 Å². The molecule has 6 heteroatoms. The average Bonchev–Trinajstić information content (AvgIpc) is 2.43. The summed E-state index contributed by atoms with van der Waals surface area (Å²) in [6.45, 7) is 2.62. The summed E-state index contributed by atoms with van der Waals surface area (Å²) in [4.78, 5) is 16.5. The molecule has 1 unspecified atom stereocenters. The Kier molecular flexibility index (Phi) is 5.88. The molecular formula is C15H20Cl2N2O2. The molecule has 1 aliphatic rings. The predicted octanol–water partition coefficient (Wildman–Crippen LogP) is 2.32. The van der Waals surface area contributed by atoms with Crippen molar-refractivity contribution in [1.82, 2.24) is 9.80 Å². The van der Waals surface area contributed by atoms with Gasteiger partial charge in [-0.05, 0) is 31.8 Å². The number of halogens is 2. The highest BCUT2D eigenvalue weighted by Crippen LogP contribution is 2.23. The number of hydrogen-bond acceptors (Lipinski definition) is 3. The molecule has 0 bridgehead atoms. The zero-order valence-corrected chi connectivity index (χ0v) is 13.8. The normalized spacial score (nSPS) is 19.1. The minimum Gasteiger partial charge on any atom is -0.377 e. The van der Waals surface area contributed by atoms with Gasteiger partial charge in [0, 0.05) is 13.1 Å². The van der Waals surface area contributed by atoms with Crippen LogP contribution in [0.4, 0.5) is 0 Å². The average molecular weight is 331 g/mol. The zero-order valence-electron chi connectivity index (χ0n) is 12.3. The van der Waals surface area contributed by atoms with Crippen LogP contribution in [0.25, 0.3) is 0 Å². The summed E-state index contributed by atoms with van der Waals surface area (Å²) in [5.74, 6) is 0.100. The van der Waals surface area contributed by atoms with Crippen molar-refractivity contribution in [1.29, 1.82) is 0 Å². The van der Waals surface area contributed by atoms with Gasteiger partial charge in [0.1, 0.15) is 0 Å². The fourth-order valence-electron chi connectivity index (χ4n) is 2.48. The number of amides is 1. The maximum Gasteiger partial charge on any atom is 0.227 e. The van der Waals surface area contributed by atoms with E-state index in [0.717, 1.165) is 12.1 Å². The van der Waals surface area contributed by atoms with E-state index in [9.17, 15) is 4.79 Å². The lowest BCUT2D eigenvalue weighted by molar-refractivity contribution is -0.139. The number of carbonyl (C=O) groups excluding carboxylic acids is 1. The summed E-state index contributed by atoms with van der Waals surface area (Å²) >= 11 is 11.9. The zero-order chi connectivity index (χ0) is 15.4. The SMILES string of the molecule is CN(C)CC1COCCN1C(=O)Cc1ccc(Cl)c(Cl)c1. The molecule has 0 saturated carbocycles. The van der Waals surface area contributed by atoms with Crippen molar-refractivity contribution < 1.29 is 9.53 Å². The van der Waals surface area contributed by atoms with Crippen LogP contribution in [-0.4, -0.2) is 62.1 Å². The van der Waals surface area contributed by atoms with Gasteiger partial charge < -0.3 is 14.5 Å². The minimum absolute atomic E-state index is 0.100. The molecule has 1 atom stereocenters. The second kappa shape index (κ2) is 7.45. The standard InChI is InChI=1S/C15H20Cl2N2O2/c1-18(2)9-12-10-21-6-5-19(12)15(20)8-11-3-4-13(16)14(17)7-11/h3-4,7,12H,5-6,8-10H2,1-2H3. The highest BCUT2D eigenvalue weighted by atomic mass is 35.5. The second-order valence-corrected chi connectivity index (χ2v) is 6.32. The number of nitrogens with zero attached hydrogens (tertiary/aromatic N) is 2. The van der Waals surface area contributed by atoms with Crippen molar-refractivity contribution >= 4 is 29.1 Å². The fraction of sp³-hybridized carbons (Fsp3) is 0.533. The molecule has 1 amide bonds.